The van der Waals surface area contributed by atoms with Gasteiger partial charge in [-0.15, -0.1) is 50.5 Å². The van der Waals surface area contributed by atoms with Crippen molar-refractivity contribution < 1.29 is 9.59 Å². The van der Waals surface area contributed by atoms with Crippen molar-refractivity contribution in [2.24, 2.45) is 0 Å². The first kappa shape index (κ1) is 35.1. The van der Waals surface area contributed by atoms with E-state index in [9.17, 15) is 9.59 Å². The van der Waals surface area contributed by atoms with Crippen LogP contribution in [0.3, 0.4) is 0 Å². The number of hydrogen-bond acceptors (Lipinski definition) is 12. The first-order valence-corrected chi connectivity index (χ1v) is 19.3. The van der Waals surface area contributed by atoms with E-state index < -0.39 is 0 Å². The number of benzene rings is 2. The van der Waals surface area contributed by atoms with Crippen LogP contribution >= 0.6 is 92.9 Å². The SMILES string of the molecule is C=CCSc1nnc(CC(=O)c2cc(SC)ccc2Cl)s1.CCCSc1nnc(CC(=O)c2cc(SC)ccc2Cl)s1. The van der Waals surface area contributed by atoms with E-state index in [0.29, 0.717) is 26.2 Å². The van der Waals surface area contributed by atoms with Gasteiger partial charge in [-0.05, 0) is 55.3 Å². The Morgan fingerprint density at radius 2 is 1.29 bits per heavy atom. The fraction of sp³-hybridized carbons (Fsp3) is 0.286. The maximum Gasteiger partial charge on any atom is 0.174 e. The summed E-state index contributed by atoms with van der Waals surface area (Å²) in [6, 6.07) is 11.0. The Kier molecular flexibility index (Phi) is 15.4. The van der Waals surface area contributed by atoms with E-state index in [4.69, 9.17) is 23.2 Å². The highest BCUT2D eigenvalue weighted by molar-refractivity contribution is 8.01. The van der Waals surface area contributed by atoms with Gasteiger partial charge in [0.15, 0.2) is 20.2 Å². The molecule has 2 heterocycles. The van der Waals surface area contributed by atoms with E-state index in [1.807, 2.05) is 42.9 Å². The predicted molar refractivity (Wildman–Crippen MR) is 184 cm³/mol. The largest absolute Gasteiger partial charge is 0.294 e. The van der Waals surface area contributed by atoms with Crippen molar-refractivity contribution in [1.82, 2.24) is 20.4 Å². The molecule has 0 spiro atoms. The predicted octanol–water partition coefficient (Wildman–Crippen LogP) is 9.46. The van der Waals surface area contributed by atoms with Crippen molar-refractivity contribution in [3.63, 3.8) is 0 Å². The Morgan fingerprint density at radius 1 is 0.810 bits per heavy atom. The summed E-state index contributed by atoms with van der Waals surface area (Å²) in [5, 5.41) is 18.7. The van der Waals surface area contributed by atoms with Gasteiger partial charge in [0, 0.05) is 32.4 Å². The van der Waals surface area contributed by atoms with Crippen LogP contribution < -0.4 is 0 Å². The smallest absolute Gasteiger partial charge is 0.174 e. The number of nitrogens with zero attached hydrogens (tertiary/aromatic N) is 4. The van der Waals surface area contributed by atoms with Crippen LogP contribution in [-0.2, 0) is 12.8 Å². The summed E-state index contributed by atoms with van der Waals surface area (Å²) in [5.41, 5.74) is 1.10. The second-order valence-corrected chi connectivity index (χ2v) is 15.6. The lowest BCUT2D eigenvalue weighted by atomic mass is 10.1. The third kappa shape index (κ3) is 11.0. The highest BCUT2D eigenvalue weighted by atomic mass is 35.5. The van der Waals surface area contributed by atoms with Gasteiger partial charge in [0.05, 0.1) is 22.9 Å². The van der Waals surface area contributed by atoms with Crippen molar-refractivity contribution in [3.8, 4) is 0 Å². The van der Waals surface area contributed by atoms with Crippen molar-refractivity contribution >= 4 is 104 Å². The van der Waals surface area contributed by atoms with Gasteiger partial charge >= 0.3 is 0 Å². The zero-order valence-electron chi connectivity index (χ0n) is 23.1. The second-order valence-electron chi connectivity index (χ2n) is 8.26. The van der Waals surface area contributed by atoms with Crippen molar-refractivity contribution in [2.75, 3.05) is 24.0 Å². The molecule has 4 aromatic rings. The van der Waals surface area contributed by atoms with Crippen molar-refractivity contribution in [3.05, 3.63) is 80.2 Å². The summed E-state index contributed by atoms with van der Waals surface area (Å²) < 4.78 is 1.77. The normalized spacial score (nSPS) is 10.7. The number of halogens is 2. The van der Waals surface area contributed by atoms with Crippen LogP contribution in [0.4, 0.5) is 0 Å². The fourth-order valence-corrected chi connectivity index (χ4v) is 8.01. The summed E-state index contributed by atoms with van der Waals surface area (Å²) in [7, 11) is 0. The Morgan fingerprint density at radius 3 is 1.71 bits per heavy atom. The number of carbonyl (C=O) groups excluding carboxylic acids is 2. The lowest BCUT2D eigenvalue weighted by molar-refractivity contribution is 0.0984. The monoisotopic (exact) mass is 714 g/mol. The van der Waals surface area contributed by atoms with Gasteiger partial charge in [-0.2, -0.15) is 0 Å². The molecule has 42 heavy (non-hydrogen) atoms. The minimum Gasteiger partial charge on any atom is -0.294 e. The van der Waals surface area contributed by atoms with Crippen LogP contribution in [0.15, 0.2) is 67.5 Å². The molecule has 0 amide bonds. The first-order chi connectivity index (χ1) is 20.3. The van der Waals surface area contributed by atoms with Gasteiger partial charge in [-0.3, -0.25) is 9.59 Å². The maximum atomic E-state index is 12.4. The van der Waals surface area contributed by atoms with Crippen molar-refractivity contribution in [2.45, 2.75) is 44.7 Å². The molecule has 0 aliphatic carbocycles. The standard InChI is InChI=1S/C14H15ClN2OS3.C14H13ClN2OS3/c2*1-3-6-20-14-17-16-13(21-14)8-12(18)10-7-9(19-2)4-5-11(10)15/h4-5,7H,3,6,8H2,1-2H3;3-5,7H,1,6,8H2,2H3. The van der Waals surface area contributed by atoms with Gasteiger partial charge in [-0.25, -0.2) is 0 Å². The Bertz CT molecular complexity index is 1510. The van der Waals surface area contributed by atoms with Gasteiger partial charge < -0.3 is 0 Å². The highest BCUT2D eigenvalue weighted by Gasteiger charge is 2.16. The lowest BCUT2D eigenvalue weighted by Crippen LogP contribution is -2.04. The number of Topliss-reactive ketones (excluding diaryl/α,β-unsaturated/α-hetero) is 2. The fourth-order valence-electron chi connectivity index (χ4n) is 3.21. The molecule has 0 atom stereocenters. The average Bonchev–Trinajstić information content (AvgIpc) is 3.64. The number of rotatable bonds is 14. The van der Waals surface area contributed by atoms with E-state index in [1.54, 1.807) is 59.2 Å². The van der Waals surface area contributed by atoms with Crippen LogP contribution in [-0.4, -0.2) is 56.0 Å². The topological polar surface area (TPSA) is 85.7 Å². The zero-order chi connectivity index (χ0) is 30.5. The van der Waals surface area contributed by atoms with Crippen LogP contribution in [0.5, 0.6) is 0 Å². The summed E-state index contributed by atoms with van der Waals surface area (Å²) in [5.74, 6) is 1.75. The van der Waals surface area contributed by atoms with E-state index >= 15 is 0 Å². The minimum absolute atomic E-state index is 0.0147. The second kappa shape index (κ2) is 18.4. The summed E-state index contributed by atoms with van der Waals surface area (Å²) in [6.45, 7) is 5.79. The molecule has 0 radical (unpaired) electrons. The summed E-state index contributed by atoms with van der Waals surface area (Å²) in [6.07, 6.45) is 7.32. The number of thioether (sulfide) groups is 4. The number of carbonyl (C=O) groups is 2. The molecule has 0 saturated heterocycles. The van der Waals surface area contributed by atoms with Crippen LogP contribution in [0, 0.1) is 0 Å². The minimum atomic E-state index is -0.0349. The Labute approximate surface area is 281 Å². The molecule has 2 aromatic carbocycles. The highest BCUT2D eigenvalue weighted by Crippen LogP contribution is 2.28. The zero-order valence-corrected chi connectivity index (χ0v) is 29.5. The van der Waals surface area contributed by atoms with E-state index in [-0.39, 0.29) is 24.4 Å². The molecule has 0 unspecified atom stereocenters. The molecule has 0 N–H and O–H groups in total. The quantitative estimate of drug-likeness (QED) is 0.0715. The molecule has 0 bridgehead atoms. The molecule has 2 aromatic heterocycles. The van der Waals surface area contributed by atoms with Gasteiger partial charge in [0.1, 0.15) is 10.0 Å². The molecule has 0 saturated carbocycles. The average molecular weight is 716 g/mol. The van der Waals surface area contributed by atoms with E-state index in [0.717, 1.165) is 41.4 Å². The lowest BCUT2D eigenvalue weighted by Gasteiger charge is -2.04. The molecule has 222 valence electrons. The number of hydrogen-bond donors (Lipinski definition) is 0. The first-order valence-electron chi connectivity index (χ1n) is 12.5. The summed E-state index contributed by atoms with van der Waals surface area (Å²) in [4.78, 5) is 26.8. The molecule has 0 fully saturated rings. The van der Waals surface area contributed by atoms with E-state index in [1.165, 1.54) is 22.7 Å². The van der Waals surface area contributed by atoms with E-state index in [2.05, 4.69) is 33.9 Å². The molecule has 0 aliphatic heterocycles. The molecule has 14 heteroatoms. The molecule has 0 aliphatic rings. The maximum absolute atomic E-state index is 12.4. The third-order valence-electron chi connectivity index (χ3n) is 5.22. The molecular weight excluding hydrogens is 688 g/mol. The molecule has 4 rings (SSSR count). The Hall–Kier alpha value is -1.38. The van der Waals surface area contributed by atoms with Gasteiger partial charge in [-0.1, -0.05) is 82.4 Å². The van der Waals surface area contributed by atoms with Gasteiger partial charge in [0.2, 0.25) is 0 Å². The van der Waals surface area contributed by atoms with Crippen LogP contribution in [0.1, 0.15) is 44.1 Å². The Balaban J connectivity index is 0.000000230. The third-order valence-corrected chi connectivity index (χ3v) is 11.6. The number of aromatic nitrogens is 4. The van der Waals surface area contributed by atoms with Gasteiger partial charge in [0.25, 0.3) is 0 Å². The van der Waals surface area contributed by atoms with Crippen LogP contribution in [0.25, 0.3) is 0 Å². The van der Waals surface area contributed by atoms with Crippen LogP contribution in [0.2, 0.25) is 10.0 Å². The van der Waals surface area contributed by atoms with Crippen molar-refractivity contribution in [1.29, 1.82) is 0 Å². The molecular formula is C28H28Cl2N4O2S6. The summed E-state index contributed by atoms with van der Waals surface area (Å²) >= 11 is 21.6. The number of ketones is 2. The molecule has 6 nitrogen and oxygen atoms in total.